The number of carbonyl (C=O) groups excluding carboxylic acids is 2. The minimum atomic E-state index is -1.15. The van der Waals surface area contributed by atoms with Crippen LogP contribution in [0.2, 0.25) is 10.0 Å². The van der Waals surface area contributed by atoms with Crippen LogP contribution in [0.4, 0.5) is 4.39 Å². The highest BCUT2D eigenvalue weighted by atomic mass is 35.5. The van der Waals surface area contributed by atoms with E-state index < -0.39 is 30.6 Å². The van der Waals surface area contributed by atoms with Crippen molar-refractivity contribution in [1.29, 1.82) is 0 Å². The van der Waals surface area contributed by atoms with Crippen molar-refractivity contribution >= 4 is 35.1 Å². The molecule has 1 rings (SSSR count). The molecule has 0 N–H and O–H groups in total. The number of ether oxygens (including phenoxy) is 3. The van der Waals surface area contributed by atoms with Gasteiger partial charge in [-0.2, -0.15) is 9.37 Å². The highest BCUT2D eigenvalue weighted by Gasteiger charge is 2.22. The van der Waals surface area contributed by atoms with Gasteiger partial charge in [-0.1, -0.05) is 23.2 Å². The molecule has 22 heavy (non-hydrogen) atoms. The summed E-state index contributed by atoms with van der Waals surface area (Å²) in [6.45, 7) is 4.07. The van der Waals surface area contributed by atoms with Crippen LogP contribution in [0.5, 0.6) is 5.88 Å². The van der Waals surface area contributed by atoms with E-state index in [-0.39, 0.29) is 28.1 Å². The predicted octanol–water partition coefficient (Wildman–Crippen LogP) is 2.71. The average molecular weight is 354 g/mol. The van der Waals surface area contributed by atoms with E-state index in [0.29, 0.717) is 0 Å². The van der Waals surface area contributed by atoms with Gasteiger partial charge in [0.15, 0.2) is 12.7 Å². The van der Waals surface area contributed by atoms with Gasteiger partial charge < -0.3 is 14.2 Å². The number of rotatable bonds is 6. The van der Waals surface area contributed by atoms with Crippen LogP contribution in [0.15, 0.2) is 0 Å². The summed E-state index contributed by atoms with van der Waals surface area (Å²) in [5.41, 5.74) is 0.234. The smallest absolute Gasteiger partial charge is 0.347 e. The van der Waals surface area contributed by atoms with Crippen LogP contribution in [-0.2, 0) is 19.1 Å². The summed E-state index contributed by atoms with van der Waals surface area (Å²) in [5.74, 6) is -2.79. The Morgan fingerprint density at radius 1 is 1.27 bits per heavy atom. The highest BCUT2D eigenvalue weighted by Crippen LogP contribution is 2.32. The number of carbonyl (C=O) groups is 2. The number of pyridine rings is 1. The summed E-state index contributed by atoms with van der Waals surface area (Å²) >= 11 is 11.6. The third kappa shape index (κ3) is 4.71. The molecule has 9 heteroatoms. The summed E-state index contributed by atoms with van der Waals surface area (Å²) in [7, 11) is 0. The van der Waals surface area contributed by atoms with Crippen molar-refractivity contribution in [3.8, 4) is 5.88 Å². The Kier molecular flexibility index (Phi) is 6.83. The van der Waals surface area contributed by atoms with E-state index in [2.05, 4.69) is 14.5 Å². The molecule has 0 saturated carbocycles. The first-order chi connectivity index (χ1) is 10.3. The Morgan fingerprint density at radius 3 is 2.50 bits per heavy atom. The lowest BCUT2D eigenvalue weighted by Gasteiger charge is -2.15. The molecule has 0 aliphatic rings. The maximum Gasteiger partial charge on any atom is 0.347 e. The van der Waals surface area contributed by atoms with Gasteiger partial charge in [0.1, 0.15) is 10.0 Å². The largest absolute Gasteiger partial charge is 0.463 e. The molecule has 1 heterocycles. The van der Waals surface area contributed by atoms with E-state index in [1.54, 1.807) is 6.92 Å². The highest BCUT2D eigenvalue weighted by molar-refractivity contribution is 6.36. The SMILES string of the molecule is CCOC(=O)COC(=O)[C@@H](C)Oc1nc(F)c(Cl)c(C)c1Cl. The molecule has 1 atom stereocenters. The van der Waals surface area contributed by atoms with E-state index in [4.69, 9.17) is 27.9 Å². The fourth-order valence-electron chi connectivity index (χ4n) is 1.34. The molecule has 0 bridgehead atoms. The Labute approximate surface area is 136 Å². The molecule has 0 unspecified atom stereocenters. The maximum absolute atomic E-state index is 13.5. The second kappa shape index (κ2) is 8.14. The van der Waals surface area contributed by atoms with Gasteiger partial charge in [0, 0.05) is 0 Å². The van der Waals surface area contributed by atoms with E-state index in [0.717, 1.165) is 0 Å². The fraction of sp³-hybridized carbons (Fsp3) is 0.462. The second-order valence-corrected chi connectivity index (χ2v) is 4.89. The van der Waals surface area contributed by atoms with Gasteiger partial charge in [-0.25, -0.2) is 9.59 Å². The molecule has 0 aromatic carbocycles. The second-order valence-electron chi connectivity index (χ2n) is 4.13. The molecule has 0 aliphatic carbocycles. The normalized spacial score (nSPS) is 11.7. The van der Waals surface area contributed by atoms with Gasteiger partial charge in [0.2, 0.25) is 11.8 Å². The number of hydrogen-bond donors (Lipinski definition) is 0. The van der Waals surface area contributed by atoms with Crippen LogP contribution in [-0.4, -0.2) is 36.2 Å². The zero-order valence-corrected chi connectivity index (χ0v) is 13.6. The third-order valence-corrected chi connectivity index (χ3v) is 3.37. The van der Waals surface area contributed by atoms with Crippen LogP contribution in [0.25, 0.3) is 0 Å². The zero-order valence-electron chi connectivity index (χ0n) is 12.1. The van der Waals surface area contributed by atoms with Gasteiger partial charge in [0.05, 0.1) is 6.61 Å². The average Bonchev–Trinajstić information content (AvgIpc) is 2.48. The fourth-order valence-corrected chi connectivity index (χ4v) is 1.71. The number of nitrogens with zero attached hydrogens (tertiary/aromatic N) is 1. The van der Waals surface area contributed by atoms with E-state index in [9.17, 15) is 14.0 Å². The summed E-state index contributed by atoms with van der Waals surface area (Å²) in [6, 6.07) is 0. The number of halogens is 3. The van der Waals surface area contributed by atoms with Crippen LogP contribution in [0.1, 0.15) is 19.4 Å². The van der Waals surface area contributed by atoms with Crippen molar-refractivity contribution in [2.75, 3.05) is 13.2 Å². The topological polar surface area (TPSA) is 74.7 Å². The molecular formula is C13H14Cl2FNO5. The third-order valence-electron chi connectivity index (χ3n) is 2.49. The van der Waals surface area contributed by atoms with Crippen LogP contribution in [0, 0.1) is 12.9 Å². The molecule has 0 amide bonds. The van der Waals surface area contributed by atoms with Crippen molar-refractivity contribution in [3.63, 3.8) is 0 Å². The van der Waals surface area contributed by atoms with Gasteiger partial charge in [-0.15, -0.1) is 0 Å². The maximum atomic E-state index is 13.5. The minimum absolute atomic E-state index is 0.0172. The summed E-state index contributed by atoms with van der Waals surface area (Å²) in [6.07, 6.45) is -1.15. The van der Waals surface area contributed by atoms with Gasteiger partial charge in [-0.05, 0) is 26.3 Å². The molecular weight excluding hydrogens is 340 g/mol. The molecule has 6 nitrogen and oxygen atoms in total. The van der Waals surface area contributed by atoms with Crippen molar-refractivity contribution in [2.45, 2.75) is 26.9 Å². The van der Waals surface area contributed by atoms with Crippen LogP contribution >= 0.6 is 23.2 Å². The first kappa shape index (κ1) is 18.4. The summed E-state index contributed by atoms with van der Waals surface area (Å²) in [4.78, 5) is 26.2. The lowest BCUT2D eigenvalue weighted by atomic mass is 10.3. The number of esters is 2. The van der Waals surface area contributed by atoms with Crippen molar-refractivity contribution in [3.05, 3.63) is 21.6 Å². The minimum Gasteiger partial charge on any atom is -0.463 e. The van der Waals surface area contributed by atoms with Crippen LogP contribution < -0.4 is 4.74 Å². The monoisotopic (exact) mass is 353 g/mol. The first-order valence-corrected chi connectivity index (χ1v) is 7.03. The molecule has 0 aliphatic heterocycles. The molecule has 122 valence electrons. The van der Waals surface area contributed by atoms with Crippen molar-refractivity contribution in [2.24, 2.45) is 0 Å². The Morgan fingerprint density at radius 2 is 1.91 bits per heavy atom. The first-order valence-electron chi connectivity index (χ1n) is 6.27. The number of hydrogen-bond acceptors (Lipinski definition) is 6. The van der Waals surface area contributed by atoms with Crippen molar-refractivity contribution < 1.29 is 28.2 Å². The molecule has 0 saturated heterocycles. The summed E-state index contributed by atoms with van der Waals surface area (Å²) < 4.78 is 27.9. The zero-order chi connectivity index (χ0) is 16.9. The van der Waals surface area contributed by atoms with Crippen molar-refractivity contribution in [1.82, 2.24) is 4.98 Å². The molecule has 1 aromatic rings. The van der Waals surface area contributed by atoms with E-state index in [1.807, 2.05) is 0 Å². The van der Waals surface area contributed by atoms with Crippen LogP contribution in [0.3, 0.4) is 0 Å². The van der Waals surface area contributed by atoms with E-state index >= 15 is 0 Å². The molecule has 1 aromatic heterocycles. The molecule has 0 spiro atoms. The Balaban J connectivity index is 2.71. The molecule has 0 fully saturated rings. The Hall–Kier alpha value is -1.60. The predicted molar refractivity (Wildman–Crippen MR) is 76.6 cm³/mol. The summed E-state index contributed by atoms with van der Waals surface area (Å²) in [5, 5.41) is -0.244. The van der Waals surface area contributed by atoms with E-state index in [1.165, 1.54) is 13.8 Å². The Bertz CT molecular complexity index is 582. The van der Waals surface area contributed by atoms with Gasteiger partial charge >= 0.3 is 11.9 Å². The van der Waals surface area contributed by atoms with Gasteiger partial charge in [0.25, 0.3) is 0 Å². The lowest BCUT2D eigenvalue weighted by Crippen LogP contribution is -2.29. The standard InChI is InChI=1S/C13H14Cl2FNO5/c1-4-20-8(18)5-21-13(19)7(3)22-12-10(15)6(2)9(14)11(16)17-12/h7H,4-5H2,1-3H3/t7-/m1/s1. The quantitative estimate of drug-likeness (QED) is 0.578. The lowest BCUT2D eigenvalue weighted by molar-refractivity contribution is -0.162. The molecule has 0 radical (unpaired) electrons. The number of aromatic nitrogens is 1. The van der Waals surface area contributed by atoms with Gasteiger partial charge in [-0.3, -0.25) is 0 Å².